The largest absolute Gasteiger partial charge is 0.493 e. The van der Waals surface area contributed by atoms with Crippen molar-refractivity contribution in [2.75, 3.05) is 27.3 Å². The third-order valence-electron chi connectivity index (χ3n) is 3.78. The molecular formula is C15H24N2O2. The van der Waals surface area contributed by atoms with Gasteiger partial charge in [0.05, 0.1) is 14.2 Å². The van der Waals surface area contributed by atoms with Crippen LogP contribution in [0.3, 0.4) is 0 Å². The van der Waals surface area contributed by atoms with Gasteiger partial charge in [0, 0.05) is 19.1 Å². The molecule has 0 bridgehead atoms. The van der Waals surface area contributed by atoms with Gasteiger partial charge in [-0.15, -0.1) is 0 Å². The molecule has 1 aliphatic heterocycles. The van der Waals surface area contributed by atoms with Crippen molar-refractivity contribution >= 4 is 0 Å². The van der Waals surface area contributed by atoms with E-state index in [0.717, 1.165) is 37.6 Å². The maximum absolute atomic E-state index is 6.03. The minimum Gasteiger partial charge on any atom is -0.493 e. The van der Waals surface area contributed by atoms with E-state index in [1.165, 1.54) is 17.5 Å². The summed E-state index contributed by atoms with van der Waals surface area (Å²) in [6.07, 6.45) is 2.33. The van der Waals surface area contributed by atoms with Crippen molar-refractivity contribution in [3.63, 3.8) is 0 Å². The summed E-state index contributed by atoms with van der Waals surface area (Å²) in [5, 5.41) is 0. The molecule has 2 rings (SSSR count). The zero-order valence-electron chi connectivity index (χ0n) is 12.1. The van der Waals surface area contributed by atoms with Gasteiger partial charge < -0.3 is 15.2 Å². The van der Waals surface area contributed by atoms with Crippen molar-refractivity contribution in [1.29, 1.82) is 0 Å². The van der Waals surface area contributed by atoms with Crippen LogP contribution in [0.5, 0.6) is 11.5 Å². The van der Waals surface area contributed by atoms with Crippen molar-refractivity contribution in [2.45, 2.75) is 32.4 Å². The van der Waals surface area contributed by atoms with Gasteiger partial charge in [0.25, 0.3) is 0 Å². The van der Waals surface area contributed by atoms with Crippen LogP contribution in [-0.4, -0.2) is 38.3 Å². The van der Waals surface area contributed by atoms with E-state index in [0.29, 0.717) is 6.04 Å². The first-order chi connectivity index (χ1) is 9.13. The van der Waals surface area contributed by atoms with E-state index in [-0.39, 0.29) is 0 Å². The molecule has 0 aliphatic carbocycles. The van der Waals surface area contributed by atoms with Crippen LogP contribution in [0.4, 0.5) is 0 Å². The number of hydrogen-bond donors (Lipinski definition) is 1. The molecule has 0 saturated carbocycles. The Bertz CT molecular complexity index is 434. The monoisotopic (exact) mass is 264 g/mol. The molecule has 1 saturated heterocycles. The summed E-state index contributed by atoms with van der Waals surface area (Å²) in [5.41, 5.74) is 8.55. The molecule has 1 aromatic rings. The van der Waals surface area contributed by atoms with Crippen molar-refractivity contribution < 1.29 is 9.47 Å². The van der Waals surface area contributed by atoms with Gasteiger partial charge in [-0.05, 0) is 49.6 Å². The number of nitrogens with two attached hydrogens (primary N) is 1. The fourth-order valence-electron chi connectivity index (χ4n) is 2.67. The third kappa shape index (κ3) is 3.39. The second-order valence-electron chi connectivity index (χ2n) is 5.27. The van der Waals surface area contributed by atoms with Crippen LogP contribution in [0.25, 0.3) is 0 Å². The summed E-state index contributed by atoms with van der Waals surface area (Å²) in [7, 11) is 3.34. The molecule has 0 radical (unpaired) electrons. The molecule has 1 fully saturated rings. The van der Waals surface area contributed by atoms with E-state index < -0.39 is 0 Å². The topological polar surface area (TPSA) is 47.7 Å². The summed E-state index contributed by atoms with van der Waals surface area (Å²) >= 11 is 0. The van der Waals surface area contributed by atoms with Gasteiger partial charge in [0.2, 0.25) is 0 Å². The minimum atomic E-state index is 0.314. The second-order valence-corrected chi connectivity index (χ2v) is 5.27. The van der Waals surface area contributed by atoms with E-state index in [1.807, 2.05) is 6.07 Å². The van der Waals surface area contributed by atoms with E-state index in [2.05, 4.69) is 17.9 Å². The Balaban J connectivity index is 2.15. The SMILES string of the molecule is COc1cc(C)c(CN2CCCC(N)C2)cc1OC. The third-order valence-corrected chi connectivity index (χ3v) is 3.78. The van der Waals surface area contributed by atoms with Gasteiger partial charge in [-0.1, -0.05) is 0 Å². The molecule has 1 heterocycles. The Kier molecular flexibility index (Phi) is 4.66. The number of ether oxygens (including phenoxy) is 2. The number of aryl methyl sites for hydroxylation is 1. The van der Waals surface area contributed by atoms with E-state index >= 15 is 0 Å². The molecule has 1 aromatic carbocycles. The molecular weight excluding hydrogens is 240 g/mol. The highest BCUT2D eigenvalue weighted by molar-refractivity contribution is 5.47. The molecule has 0 spiro atoms. The number of likely N-dealkylation sites (tertiary alicyclic amines) is 1. The van der Waals surface area contributed by atoms with E-state index in [1.54, 1.807) is 14.2 Å². The highest BCUT2D eigenvalue weighted by Gasteiger charge is 2.18. The summed E-state index contributed by atoms with van der Waals surface area (Å²) in [6, 6.07) is 4.43. The van der Waals surface area contributed by atoms with Crippen molar-refractivity contribution in [1.82, 2.24) is 4.90 Å². The Hall–Kier alpha value is -1.26. The smallest absolute Gasteiger partial charge is 0.161 e. The number of hydrogen-bond acceptors (Lipinski definition) is 4. The molecule has 106 valence electrons. The van der Waals surface area contributed by atoms with Gasteiger partial charge in [-0.3, -0.25) is 4.90 Å². The van der Waals surface area contributed by atoms with Crippen LogP contribution in [0.2, 0.25) is 0 Å². The lowest BCUT2D eigenvalue weighted by Crippen LogP contribution is -2.42. The molecule has 4 heteroatoms. The van der Waals surface area contributed by atoms with Crippen molar-refractivity contribution in [3.8, 4) is 11.5 Å². The summed E-state index contributed by atoms with van der Waals surface area (Å²) < 4.78 is 10.7. The Morgan fingerprint density at radius 1 is 1.26 bits per heavy atom. The number of piperidine rings is 1. The Morgan fingerprint density at radius 2 is 1.95 bits per heavy atom. The van der Waals surface area contributed by atoms with Gasteiger partial charge in [-0.25, -0.2) is 0 Å². The van der Waals surface area contributed by atoms with Crippen LogP contribution in [0, 0.1) is 6.92 Å². The van der Waals surface area contributed by atoms with E-state index in [4.69, 9.17) is 15.2 Å². The predicted molar refractivity (Wildman–Crippen MR) is 76.8 cm³/mol. The van der Waals surface area contributed by atoms with Crippen LogP contribution in [0.15, 0.2) is 12.1 Å². The van der Waals surface area contributed by atoms with Gasteiger partial charge in [0.1, 0.15) is 0 Å². The lowest BCUT2D eigenvalue weighted by atomic mass is 10.0. The van der Waals surface area contributed by atoms with Crippen LogP contribution in [0.1, 0.15) is 24.0 Å². The number of benzene rings is 1. The van der Waals surface area contributed by atoms with Crippen LogP contribution in [-0.2, 0) is 6.54 Å². The maximum atomic E-state index is 6.03. The standard InChI is InChI=1S/C15H24N2O2/c1-11-7-14(18-2)15(19-3)8-12(11)9-17-6-4-5-13(16)10-17/h7-8,13H,4-6,9-10,16H2,1-3H3. The van der Waals surface area contributed by atoms with Gasteiger partial charge in [0.15, 0.2) is 11.5 Å². The zero-order chi connectivity index (χ0) is 13.8. The molecule has 0 amide bonds. The zero-order valence-corrected chi connectivity index (χ0v) is 12.1. The first kappa shape index (κ1) is 14.2. The average Bonchev–Trinajstić information content (AvgIpc) is 2.40. The normalized spacial score (nSPS) is 20.3. The number of nitrogens with zero attached hydrogens (tertiary/aromatic N) is 1. The number of rotatable bonds is 4. The van der Waals surface area contributed by atoms with Crippen LogP contribution >= 0.6 is 0 Å². The predicted octanol–water partition coefficient (Wildman–Crippen LogP) is 1.94. The molecule has 0 aromatic heterocycles. The molecule has 1 unspecified atom stereocenters. The molecule has 1 aliphatic rings. The fraction of sp³-hybridized carbons (Fsp3) is 0.600. The Morgan fingerprint density at radius 3 is 2.58 bits per heavy atom. The van der Waals surface area contributed by atoms with Gasteiger partial charge >= 0.3 is 0 Å². The minimum absolute atomic E-state index is 0.314. The molecule has 2 N–H and O–H groups in total. The van der Waals surface area contributed by atoms with Gasteiger partial charge in [-0.2, -0.15) is 0 Å². The molecule has 1 atom stereocenters. The first-order valence-corrected chi connectivity index (χ1v) is 6.83. The van der Waals surface area contributed by atoms with E-state index in [9.17, 15) is 0 Å². The first-order valence-electron chi connectivity index (χ1n) is 6.83. The Labute approximate surface area is 115 Å². The average molecular weight is 264 g/mol. The highest BCUT2D eigenvalue weighted by atomic mass is 16.5. The molecule has 19 heavy (non-hydrogen) atoms. The fourth-order valence-corrected chi connectivity index (χ4v) is 2.67. The maximum Gasteiger partial charge on any atom is 0.161 e. The lowest BCUT2D eigenvalue weighted by Gasteiger charge is -2.31. The summed E-state index contributed by atoms with van der Waals surface area (Å²) in [4.78, 5) is 2.42. The summed E-state index contributed by atoms with van der Waals surface area (Å²) in [5.74, 6) is 1.59. The van der Waals surface area contributed by atoms with Crippen molar-refractivity contribution in [3.05, 3.63) is 23.3 Å². The number of methoxy groups -OCH3 is 2. The quantitative estimate of drug-likeness (QED) is 0.903. The van der Waals surface area contributed by atoms with Crippen molar-refractivity contribution in [2.24, 2.45) is 5.73 Å². The molecule has 4 nitrogen and oxygen atoms in total. The lowest BCUT2D eigenvalue weighted by molar-refractivity contribution is 0.201. The highest BCUT2D eigenvalue weighted by Crippen LogP contribution is 2.31. The second kappa shape index (κ2) is 6.26. The summed E-state index contributed by atoms with van der Waals surface area (Å²) in [6.45, 7) is 5.15. The van der Waals surface area contributed by atoms with Crippen LogP contribution < -0.4 is 15.2 Å².